The van der Waals surface area contributed by atoms with Gasteiger partial charge in [-0.25, -0.2) is 4.79 Å². The van der Waals surface area contributed by atoms with Crippen molar-refractivity contribution in [1.29, 1.82) is 0 Å². The fourth-order valence-corrected chi connectivity index (χ4v) is 6.12. The summed E-state index contributed by atoms with van der Waals surface area (Å²) in [5.41, 5.74) is -0.570. The topological polar surface area (TPSA) is 123 Å². The summed E-state index contributed by atoms with van der Waals surface area (Å²) in [7, 11) is -5.35. The summed E-state index contributed by atoms with van der Waals surface area (Å²) >= 11 is 0. The zero-order chi connectivity index (χ0) is 33.5. The molecule has 1 aliphatic rings. The number of nitrogens with one attached hydrogen (secondary N) is 2. The lowest BCUT2D eigenvalue weighted by Gasteiger charge is -2.33. The molecule has 44 heavy (non-hydrogen) atoms. The molecule has 0 aromatic heterocycles. The molecule has 0 radical (unpaired) electrons. The third-order valence-electron chi connectivity index (χ3n) is 6.22. The molecular formula is C27H38F6N3O7P. The van der Waals surface area contributed by atoms with Crippen molar-refractivity contribution in [1.82, 2.24) is 15.5 Å². The molecule has 3 atom stereocenters. The minimum atomic E-state index is -5.35. The van der Waals surface area contributed by atoms with E-state index in [9.17, 15) is 45.3 Å². The molecule has 10 nitrogen and oxygen atoms in total. The van der Waals surface area contributed by atoms with Crippen LogP contribution in [-0.4, -0.2) is 78.4 Å². The summed E-state index contributed by atoms with van der Waals surface area (Å²) in [6, 6.07) is 5.17. The smallest absolute Gasteiger partial charge is 0.412 e. The van der Waals surface area contributed by atoms with Crippen LogP contribution in [0.1, 0.15) is 53.0 Å². The lowest BCUT2D eigenvalue weighted by atomic mass is 10.0. The van der Waals surface area contributed by atoms with Crippen molar-refractivity contribution in [3.63, 3.8) is 0 Å². The fraction of sp³-hybridized carbons (Fsp3) is 0.667. The van der Waals surface area contributed by atoms with Gasteiger partial charge in [-0.1, -0.05) is 44.2 Å². The zero-order valence-electron chi connectivity index (χ0n) is 25.0. The lowest BCUT2D eigenvalue weighted by Crippen LogP contribution is -2.56. The average molecular weight is 662 g/mol. The molecule has 2 N–H and O–H groups in total. The highest BCUT2D eigenvalue weighted by Gasteiger charge is 2.46. The van der Waals surface area contributed by atoms with Gasteiger partial charge in [-0.3, -0.25) is 23.2 Å². The van der Waals surface area contributed by atoms with Crippen molar-refractivity contribution in [3.05, 3.63) is 35.9 Å². The van der Waals surface area contributed by atoms with E-state index in [1.807, 2.05) is 0 Å². The van der Waals surface area contributed by atoms with Crippen molar-refractivity contribution in [2.75, 3.05) is 19.8 Å². The first-order chi connectivity index (χ1) is 20.1. The fourth-order valence-electron chi connectivity index (χ4n) is 4.31. The number of carbonyl (C=O) groups excluding carboxylic acids is 3. The number of amides is 3. The van der Waals surface area contributed by atoms with Crippen LogP contribution in [0.25, 0.3) is 0 Å². The number of alkyl carbamates (subject to hydrolysis) is 1. The van der Waals surface area contributed by atoms with Crippen molar-refractivity contribution >= 4 is 25.5 Å². The van der Waals surface area contributed by atoms with E-state index < -0.39 is 86.9 Å². The van der Waals surface area contributed by atoms with Gasteiger partial charge >= 0.3 is 26.0 Å². The second-order valence-corrected chi connectivity index (χ2v) is 13.8. The van der Waals surface area contributed by atoms with Gasteiger partial charge in [0.05, 0.1) is 0 Å². The molecular weight excluding hydrogens is 623 g/mol. The van der Waals surface area contributed by atoms with Crippen LogP contribution in [0.15, 0.2) is 30.3 Å². The second-order valence-electron chi connectivity index (χ2n) is 11.6. The number of hydrogen-bond acceptors (Lipinski definition) is 7. The van der Waals surface area contributed by atoms with Crippen LogP contribution in [0.4, 0.5) is 31.1 Å². The van der Waals surface area contributed by atoms with Gasteiger partial charge in [0.15, 0.2) is 13.2 Å². The van der Waals surface area contributed by atoms with Gasteiger partial charge < -0.3 is 20.3 Å². The Morgan fingerprint density at radius 1 is 0.955 bits per heavy atom. The van der Waals surface area contributed by atoms with Gasteiger partial charge in [0, 0.05) is 13.0 Å². The van der Waals surface area contributed by atoms with Crippen LogP contribution < -0.4 is 10.6 Å². The van der Waals surface area contributed by atoms with Crippen LogP contribution in [0, 0.1) is 5.92 Å². The molecule has 1 heterocycles. The van der Waals surface area contributed by atoms with E-state index in [0.717, 1.165) is 4.90 Å². The quantitative estimate of drug-likeness (QED) is 0.222. The van der Waals surface area contributed by atoms with E-state index in [2.05, 4.69) is 19.7 Å². The summed E-state index contributed by atoms with van der Waals surface area (Å²) in [5, 5.41) is 4.74. The molecule has 1 unspecified atom stereocenters. The minimum absolute atomic E-state index is 0.0618. The third kappa shape index (κ3) is 12.3. The Morgan fingerprint density at radius 2 is 1.50 bits per heavy atom. The number of benzene rings is 1. The summed E-state index contributed by atoms with van der Waals surface area (Å²) in [4.78, 5) is 40.6. The maximum atomic E-state index is 13.6. The third-order valence-corrected chi connectivity index (χ3v) is 8.28. The van der Waals surface area contributed by atoms with E-state index in [1.54, 1.807) is 40.7 Å². The molecule has 1 saturated heterocycles. The number of ether oxygens (including phenoxy) is 1. The number of likely N-dealkylation sites (tertiary alicyclic amines) is 1. The normalized spacial score (nSPS) is 17.7. The number of halogens is 6. The highest BCUT2D eigenvalue weighted by molar-refractivity contribution is 7.54. The van der Waals surface area contributed by atoms with E-state index >= 15 is 0 Å². The van der Waals surface area contributed by atoms with Gasteiger partial charge in [-0.2, -0.15) is 26.3 Å². The Hall–Kier alpha value is -2.84. The first kappa shape index (κ1) is 37.3. The Bertz CT molecular complexity index is 1150. The molecule has 250 valence electrons. The molecule has 0 spiro atoms. The second kappa shape index (κ2) is 15.0. The molecule has 3 amide bonds. The lowest BCUT2D eigenvalue weighted by molar-refractivity contribution is -0.166. The number of alkyl halides is 6. The van der Waals surface area contributed by atoms with E-state index in [4.69, 9.17) is 4.74 Å². The predicted octanol–water partition coefficient (Wildman–Crippen LogP) is 5.56. The van der Waals surface area contributed by atoms with Gasteiger partial charge in [-0.05, 0) is 45.1 Å². The highest BCUT2D eigenvalue weighted by atomic mass is 31.2. The standard InChI is InChI=1S/C27H38F6N3O7P/c1-17(2)21(35-24(39)43-25(3,4)5)23(38)36-13-9-12-19(36)22(37)34-20(14-18-10-7-6-8-11-18)44(40,41-15-26(28,29)30)42-16-27(31,32)33/h6-8,10-11,17,19-21H,9,12-16H2,1-5H3,(H,34,37)(H,35,39)/t19-,20?,21-/m0/s1. The van der Waals surface area contributed by atoms with Gasteiger partial charge in [-0.15, -0.1) is 0 Å². The highest BCUT2D eigenvalue weighted by Crippen LogP contribution is 2.55. The SMILES string of the molecule is CC(C)[C@H](NC(=O)OC(C)(C)C)C(=O)N1CCC[C@H]1C(=O)NC(Cc1ccccc1)P(=O)(OCC(F)(F)F)OCC(F)(F)F. The van der Waals surface area contributed by atoms with Gasteiger partial charge in [0.25, 0.3) is 0 Å². The Kier molecular flexibility index (Phi) is 12.7. The first-order valence-electron chi connectivity index (χ1n) is 13.8. The molecule has 0 bridgehead atoms. The van der Waals surface area contributed by atoms with Crippen molar-refractivity contribution in [3.8, 4) is 0 Å². The summed E-state index contributed by atoms with van der Waals surface area (Å²) < 4.78 is 106. The summed E-state index contributed by atoms with van der Waals surface area (Å²) in [5.74, 6) is -4.10. The Morgan fingerprint density at radius 3 is 1.98 bits per heavy atom. The molecule has 17 heteroatoms. The van der Waals surface area contributed by atoms with Crippen molar-refractivity contribution in [2.24, 2.45) is 5.92 Å². The summed E-state index contributed by atoms with van der Waals surface area (Å²) in [6.45, 7) is 3.82. The molecule has 1 aromatic carbocycles. The van der Waals surface area contributed by atoms with Crippen molar-refractivity contribution < 1.29 is 59.1 Å². The molecule has 0 saturated carbocycles. The van der Waals surface area contributed by atoms with Crippen LogP contribution >= 0.6 is 7.60 Å². The van der Waals surface area contributed by atoms with Crippen LogP contribution in [0.2, 0.25) is 0 Å². The molecule has 0 aliphatic carbocycles. The minimum Gasteiger partial charge on any atom is -0.444 e. The van der Waals surface area contributed by atoms with Gasteiger partial charge in [0.2, 0.25) is 11.8 Å². The van der Waals surface area contributed by atoms with Crippen LogP contribution in [0.3, 0.4) is 0 Å². The summed E-state index contributed by atoms with van der Waals surface area (Å²) in [6.07, 6.45) is -11.2. The van der Waals surface area contributed by atoms with Crippen LogP contribution in [-0.2, 0) is 34.4 Å². The average Bonchev–Trinajstić information content (AvgIpc) is 3.37. The molecule has 1 aromatic rings. The largest absolute Gasteiger partial charge is 0.444 e. The first-order valence-corrected chi connectivity index (χ1v) is 15.4. The number of rotatable bonds is 12. The molecule has 2 rings (SSSR count). The van der Waals surface area contributed by atoms with E-state index in [0.29, 0.717) is 12.0 Å². The van der Waals surface area contributed by atoms with Crippen LogP contribution in [0.5, 0.6) is 0 Å². The van der Waals surface area contributed by atoms with Crippen molar-refractivity contribution in [2.45, 2.75) is 89.7 Å². The Labute approximate surface area is 251 Å². The number of carbonyl (C=O) groups is 3. The van der Waals surface area contributed by atoms with Gasteiger partial charge in [0.1, 0.15) is 23.5 Å². The molecule has 1 aliphatic heterocycles. The zero-order valence-corrected chi connectivity index (χ0v) is 25.9. The number of nitrogens with zero attached hydrogens (tertiary/aromatic N) is 1. The maximum Gasteiger partial charge on any atom is 0.412 e. The monoisotopic (exact) mass is 661 g/mol. The number of hydrogen-bond donors (Lipinski definition) is 2. The molecule has 1 fully saturated rings. The van der Waals surface area contributed by atoms with E-state index in [1.165, 1.54) is 24.3 Å². The predicted molar refractivity (Wildman–Crippen MR) is 146 cm³/mol. The maximum absolute atomic E-state index is 13.6. The Balaban J connectivity index is 2.38. The van der Waals surface area contributed by atoms with E-state index in [-0.39, 0.29) is 13.0 Å².